The van der Waals surface area contributed by atoms with E-state index in [2.05, 4.69) is 5.32 Å². The summed E-state index contributed by atoms with van der Waals surface area (Å²) in [6.07, 6.45) is 0.925. The molecular weight excluding hydrogens is 380 g/mol. The molecule has 1 N–H and O–H groups in total. The first-order valence-electron chi connectivity index (χ1n) is 10.4. The summed E-state index contributed by atoms with van der Waals surface area (Å²) in [6.45, 7) is 7.07. The topological polar surface area (TPSA) is 67.9 Å². The van der Waals surface area contributed by atoms with Crippen molar-refractivity contribution in [2.45, 2.75) is 45.8 Å². The lowest BCUT2D eigenvalue weighted by atomic mass is 9.96. The number of hydrogen-bond donors (Lipinski definition) is 1. The Morgan fingerprint density at radius 1 is 1.03 bits per heavy atom. The maximum atomic E-state index is 12.7. The standard InChI is InChI=1S/C24H30N2O4/c1-24(2,3)30-23(28)26-14-12-19(13-15-26)22(27)25-20-10-7-11-21(16-20)29-17-18-8-5-4-6-9-18/h4-11,16,19H,12-15,17H2,1-3H3,(H,25,27). The third-order valence-electron chi connectivity index (χ3n) is 4.87. The fraction of sp³-hybridized carbons (Fsp3) is 0.417. The van der Waals surface area contributed by atoms with Crippen molar-refractivity contribution in [2.75, 3.05) is 18.4 Å². The normalized spacial score (nSPS) is 14.8. The van der Waals surface area contributed by atoms with Crippen LogP contribution in [0.15, 0.2) is 54.6 Å². The average Bonchev–Trinajstić information content (AvgIpc) is 2.72. The van der Waals surface area contributed by atoms with Gasteiger partial charge in [-0.2, -0.15) is 0 Å². The number of rotatable bonds is 5. The summed E-state index contributed by atoms with van der Waals surface area (Å²) in [5.74, 6) is 0.549. The van der Waals surface area contributed by atoms with E-state index in [1.807, 2.05) is 75.4 Å². The second kappa shape index (κ2) is 9.65. The van der Waals surface area contributed by atoms with Gasteiger partial charge in [-0.15, -0.1) is 0 Å². The fourth-order valence-corrected chi connectivity index (χ4v) is 3.30. The van der Waals surface area contributed by atoms with E-state index in [-0.39, 0.29) is 17.9 Å². The van der Waals surface area contributed by atoms with Crippen molar-refractivity contribution < 1.29 is 19.1 Å². The molecule has 1 aliphatic heterocycles. The minimum atomic E-state index is -0.515. The van der Waals surface area contributed by atoms with Gasteiger partial charge in [-0.3, -0.25) is 4.79 Å². The number of anilines is 1. The van der Waals surface area contributed by atoms with Crippen molar-refractivity contribution in [3.63, 3.8) is 0 Å². The molecule has 2 amide bonds. The Kier molecular flexibility index (Phi) is 6.98. The maximum Gasteiger partial charge on any atom is 0.410 e. The van der Waals surface area contributed by atoms with Crippen LogP contribution in [0, 0.1) is 5.92 Å². The molecule has 0 aliphatic carbocycles. The van der Waals surface area contributed by atoms with Gasteiger partial charge in [-0.25, -0.2) is 4.79 Å². The zero-order chi connectivity index (χ0) is 21.6. The van der Waals surface area contributed by atoms with E-state index in [0.29, 0.717) is 44.0 Å². The van der Waals surface area contributed by atoms with Crippen LogP contribution in [-0.4, -0.2) is 35.6 Å². The molecule has 3 rings (SSSR count). The lowest BCUT2D eigenvalue weighted by Crippen LogP contribution is -2.43. The van der Waals surface area contributed by atoms with Crippen LogP contribution in [0.2, 0.25) is 0 Å². The Hall–Kier alpha value is -3.02. The second-order valence-electron chi connectivity index (χ2n) is 8.53. The van der Waals surface area contributed by atoms with Crippen LogP contribution in [0.25, 0.3) is 0 Å². The van der Waals surface area contributed by atoms with Gasteiger partial charge in [0, 0.05) is 30.8 Å². The van der Waals surface area contributed by atoms with Crippen LogP contribution in [0.1, 0.15) is 39.2 Å². The van der Waals surface area contributed by atoms with E-state index in [0.717, 1.165) is 5.56 Å². The monoisotopic (exact) mass is 410 g/mol. The summed E-state index contributed by atoms with van der Waals surface area (Å²) in [5.41, 5.74) is 1.28. The van der Waals surface area contributed by atoms with Crippen LogP contribution < -0.4 is 10.1 Å². The SMILES string of the molecule is CC(C)(C)OC(=O)N1CCC(C(=O)Nc2cccc(OCc3ccccc3)c2)CC1. The molecule has 2 aromatic rings. The number of hydrogen-bond acceptors (Lipinski definition) is 4. The molecule has 0 saturated carbocycles. The molecule has 1 heterocycles. The summed E-state index contributed by atoms with van der Waals surface area (Å²) in [4.78, 5) is 26.5. The van der Waals surface area contributed by atoms with Crippen molar-refractivity contribution in [3.8, 4) is 5.75 Å². The minimum absolute atomic E-state index is 0.0287. The van der Waals surface area contributed by atoms with E-state index in [1.54, 1.807) is 4.90 Å². The fourth-order valence-electron chi connectivity index (χ4n) is 3.30. The minimum Gasteiger partial charge on any atom is -0.489 e. The molecule has 6 heteroatoms. The number of carbonyl (C=O) groups excluding carboxylic acids is 2. The van der Waals surface area contributed by atoms with Crippen LogP contribution in [0.3, 0.4) is 0 Å². The van der Waals surface area contributed by atoms with Gasteiger partial charge in [0.1, 0.15) is 18.0 Å². The molecule has 0 spiro atoms. The first-order valence-corrected chi connectivity index (χ1v) is 10.4. The van der Waals surface area contributed by atoms with Crippen molar-refractivity contribution in [1.29, 1.82) is 0 Å². The van der Waals surface area contributed by atoms with Gasteiger partial charge in [-0.1, -0.05) is 36.4 Å². The zero-order valence-electron chi connectivity index (χ0n) is 17.9. The summed E-state index contributed by atoms with van der Waals surface area (Å²) in [6, 6.07) is 17.4. The summed E-state index contributed by atoms with van der Waals surface area (Å²) >= 11 is 0. The number of benzene rings is 2. The van der Waals surface area contributed by atoms with Gasteiger partial charge in [0.25, 0.3) is 0 Å². The average molecular weight is 411 g/mol. The van der Waals surface area contributed by atoms with Gasteiger partial charge in [0.15, 0.2) is 0 Å². The highest BCUT2D eigenvalue weighted by Crippen LogP contribution is 2.23. The molecule has 0 radical (unpaired) electrons. The first-order chi connectivity index (χ1) is 14.3. The van der Waals surface area contributed by atoms with E-state index in [4.69, 9.17) is 9.47 Å². The largest absolute Gasteiger partial charge is 0.489 e. The van der Waals surface area contributed by atoms with E-state index >= 15 is 0 Å². The lowest BCUT2D eigenvalue weighted by molar-refractivity contribution is -0.121. The van der Waals surface area contributed by atoms with Crippen LogP contribution >= 0.6 is 0 Å². The number of piperidine rings is 1. The molecule has 30 heavy (non-hydrogen) atoms. The molecule has 1 fully saturated rings. The van der Waals surface area contributed by atoms with E-state index in [1.165, 1.54) is 0 Å². The number of likely N-dealkylation sites (tertiary alicyclic amines) is 1. The maximum absolute atomic E-state index is 12.7. The quantitative estimate of drug-likeness (QED) is 0.765. The molecule has 0 atom stereocenters. The molecule has 0 aromatic heterocycles. The van der Waals surface area contributed by atoms with Gasteiger partial charge in [0.05, 0.1) is 0 Å². The molecule has 0 unspecified atom stereocenters. The summed E-state index contributed by atoms with van der Waals surface area (Å²) in [5, 5.41) is 2.98. The molecule has 160 valence electrons. The Morgan fingerprint density at radius 3 is 2.40 bits per heavy atom. The molecule has 1 aliphatic rings. The predicted octanol–water partition coefficient (Wildman–Crippen LogP) is 4.85. The number of ether oxygens (including phenoxy) is 2. The summed E-state index contributed by atoms with van der Waals surface area (Å²) in [7, 11) is 0. The molecule has 1 saturated heterocycles. The van der Waals surface area contributed by atoms with Crippen LogP contribution in [0.4, 0.5) is 10.5 Å². The van der Waals surface area contributed by atoms with Gasteiger partial charge < -0.3 is 19.7 Å². The van der Waals surface area contributed by atoms with Gasteiger partial charge in [0.2, 0.25) is 5.91 Å². The van der Waals surface area contributed by atoms with Crippen molar-refractivity contribution >= 4 is 17.7 Å². The lowest BCUT2D eigenvalue weighted by Gasteiger charge is -2.32. The molecule has 2 aromatic carbocycles. The van der Waals surface area contributed by atoms with Crippen LogP contribution in [0.5, 0.6) is 5.75 Å². The highest BCUT2D eigenvalue weighted by atomic mass is 16.6. The number of amides is 2. The number of nitrogens with zero attached hydrogens (tertiary/aromatic N) is 1. The highest BCUT2D eigenvalue weighted by molar-refractivity contribution is 5.92. The first kappa shape index (κ1) is 21.7. The number of carbonyl (C=O) groups is 2. The highest BCUT2D eigenvalue weighted by Gasteiger charge is 2.29. The summed E-state index contributed by atoms with van der Waals surface area (Å²) < 4.78 is 11.2. The molecule has 6 nitrogen and oxygen atoms in total. The van der Waals surface area contributed by atoms with Crippen molar-refractivity contribution in [2.24, 2.45) is 5.92 Å². The van der Waals surface area contributed by atoms with Crippen molar-refractivity contribution in [3.05, 3.63) is 60.2 Å². The Labute approximate surface area is 178 Å². The molecular formula is C24H30N2O4. The Bertz CT molecular complexity index is 853. The Morgan fingerprint density at radius 2 is 1.73 bits per heavy atom. The number of nitrogens with one attached hydrogen (secondary N) is 1. The third kappa shape index (κ3) is 6.51. The predicted molar refractivity (Wildman–Crippen MR) is 116 cm³/mol. The van der Waals surface area contributed by atoms with Crippen LogP contribution in [-0.2, 0) is 16.1 Å². The van der Waals surface area contributed by atoms with E-state index in [9.17, 15) is 9.59 Å². The van der Waals surface area contributed by atoms with Gasteiger partial charge in [-0.05, 0) is 51.3 Å². The smallest absolute Gasteiger partial charge is 0.410 e. The zero-order valence-corrected chi connectivity index (χ0v) is 17.9. The third-order valence-corrected chi connectivity index (χ3v) is 4.87. The molecule has 0 bridgehead atoms. The van der Waals surface area contributed by atoms with Crippen molar-refractivity contribution in [1.82, 2.24) is 4.90 Å². The second-order valence-corrected chi connectivity index (χ2v) is 8.53. The Balaban J connectivity index is 1.49. The van der Waals surface area contributed by atoms with E-state index < -0.39 is 5.60 Å². The van der Waals surface area contributed by atoms with Gasteiger partial charge >= 0.3 is 6.09 Å².